The number of likely N-dealkylation sites (N-methyl/N-ethyl adjacent to an activating group) is 1. The molecule has 1 aliphatic heterocycles. The Morgan fingerprint density at radius 1 is 1.47 bits per heavy atom. The van der Waals surface area contributed by atoms with Gasteiger partial charge in [-0.1, -0.05) is 0 Å². The largest absolute Gasteiger partial charge is 0.405 e. The van der Waals surface area contributed by atoms with Gasteiger partial charge >= 0.3 is 6.18 Å². The number of rotatable bonds is 4. The number of likely N-dealkylation sites (tertiary alicyclic amines) is 1. The van der Waals surface area contributed by atoms with Crippen LogP contribution in [0, 0.1) is 0 Å². The van der Waals surface area contributed by atoms with Gasteiger partial charge in [0.25, 0.3) is 0 Å². The fourth-order valence-corrected chi connectivity index (χ4v) is 1.89. The van der Waals surface area contributed by atoms with Gasteiger partial charge in [-0.05, 0) is 26.4 Å². The van der Waals surface area contributed by atoms with Crippen LogP contribution in [-0.2, 0) is 4.79 Å². The summed E-state index contributed by atoms with van der Waals surface area (Å²) in [6.07, 6.45) is -2.35. The van der Waals surface area contributed by atoms with E-state index in [2.05, 4.69) is 5.32 Å². The Bertz CT molecular complexity index is 258. The average molecular weight is 253 g/mol. The van der Waals surface area contributed by atoms with Crippen LogP contribution in [0.3, 0.4) is 0 Å². The number of carbonyl (C=O) groups is 1. The maximum Gasteiger partial charge on any atom is 0.405 e. The summed E-state index contributed by atoms with van der Waals surface area (Å²) in [5, 5.41) is 4.99. The Morgan fingerprint density at radius 3 is 2.76 bits per heavy atom. The lowest BCUT2D eigenvalue weighted by Crippen LogP contribution is -2.48. The van der Waals surface area contributed by atoms with Crippen molar-refractivity contribution in [1.82, 2.24) is 15.5 Å². The molecule has 1 rings (SSSR count). The van der Waals surface area contributed by atoms with Crippen molar-refractivity contribution in [2.75, 3.05) is 33.2 Å². The smallest absolute Gasteiger partial charge is 0.346 e. The van der Waals surface area contributed by atoms with Crippen molar-refractivity contribution in [2.24, 2.45) is 0 Å². The quantitative estimate of drug-likeness (QED) is 0.760. The van der Waals surface area contributed by atoms with Gasteiger partial charge in [-0.2, -0.15) is 13.2 Å². The van der Waals surface area contributed by atoms with Crippen molar-refractivity contribution in [3.8, 4) is 0 Å². The number of carbonyl (C=O) groups excluding carboxylic acids is 1. The summed E-state index contributed by atoms with van der Waals surface area (Å²) in [6.45, 7) is 0.247. The van der Waals surface area contributed by atoms with Gasteiger partial charge in [-0.15, -0.1) is 0 Å². The van der Waals surface area contributed by atoms with E-state index >= 15 is 0 Å². The summed E-state index contributed by atoms with van der Waals surface area (Å²) in [4.78, 5) is 13.2. The predicted octanol–water partition coefficient (Wildman–Crippen LogP) is 0.349. The zero-order chi connectivity index (χ0) is 12.9. The highest BCUT2D eigenvalue weighted by molar-refractivity contribution is 5.78. The van der Waals surface area contributed by atoms with Gasteiger partial charge in [0.1, 0.15) is 6.54 Å². The zero-order valence-corrected chi connectivity index (χ0v) is 9.81. The molecule has 4 nitrogen and oxygen atoms in total. The number of hydrogen-bond donors (Lipinski definition) is 2. The SMILES string of the molecule is CNC1CCCN(CC(=O)NCC(F)(F)F)C1. The van der Waals surface area contributed by atoms with Crippen LogP contribution in [-0.4, -0.2) is 56.3 Å². The molecular formula is C10H18F3N3O. The molecule has 1 amide bonds. The highest BCUT2D eigenvalue weighted by Crippen LogP contribution is 2.12. The molecule has 0 aromatic heterocycles. The van der Waals surface area contributed by atoms with Crippen LogP contribution in [0.5, 0.6) is 0 Å². The van der Waals surface area contributed by atoms with Gasteiger partial charge in [0.2, 0.25) is 5.91 Å². The summed E-state index contributed by atoms with van der Waals surface area (Å²) < 4.78 is 35.6. The number of amides is 1. The minimum Gasteiger partial charge on any atom is -0.346 e. The lowest BCUT2D eigenvalue weighted by Gasteiger charge is -2.31. The maximum absolute atomic E-state index is 11.9. The van der Waals surface area contributed by atoms with Gasteiger partial charge in [-0.25, -0.2) is 0 Å². The van der Waals surface area contributed by atoms with Crippen molar-refractivity contribution in [1.29, 1.82) is 0 Å². The Hall–Kier alpha value is -0.820. The molecule has 1 atom stereocenters. The maximum atomic E-state index is 11.9. The topological polar surface area (TPSA) is 44.4 Å². The van der Waals surface area contributed by atoms with Crippen molar-refractivity contribution in [3.05, 3.63) is 0 Å². The highest BCUT2D eigenvalue weighted by atomic mass is 19.4. The van der Waals surface area contributed by atoms with E-state index in [4.69, 9.17) is 0 Å². The van der Waals surface area contributed by atoms with E-state index in [0.717, 1.165) is 19.4 Å². The Balaban J connectivity index is 2.26. The normalized spacial score (nSPS) is 22.5. The molecule has 0 spiro atoms. The number of piperidine rings is 1. The first-order chi connectivity index (χ1) is 7.90. The first kappa shape index (κ1) is 14.2. The van der Waals surface area contributed by atoms with E-state index in [1.807, 2.05) is 17.3 Å². The molecule has 1 unspecified atom stereocenters. The molecule has 0 aromatic rings. The molecule has 7 heteroatoms. The zero-order valence-electron chi connectivity index (χ0n) is 9.81. The molecule has 0 saturated carbocycles. The van der Waals surface area contributed by atoms with E-state index in [1.165, 1.54) is 0 Å². The fraction of sp³-hybridized carbons (Fsp3) is 0.900. The summed E-state index contributed by atoms with van der Waals surface area (Å²) in [5.74, 6) is -0.570. The Morgan fingerprint density at radius 2 is 2.18 bits per heavy atom. The van der Waals surface area contributed by atoms with Gasteiger partial charge in [-0.3, -0.25) is 9.69 Å². The molecule has 1 aliphatic rings. The lowest BCUT2D eigenvalue weighted by molar-refractivity contribution is -0.139. The first-order valence-corrected chi connectivity index (χ1v) is 5.64. The third-order valence-corrected chi connectivity index (χ3v) is 2.77. The van der Waals surface area contributed by atoms with Gasteiger partial charge < -0.3 is 10.6 Å². The van der Waals surface area contributed by atoms with E-state index in [0.29, 0.717) is 12.6 Å². The highest BCUT2D eigenvalue weighted by Gasteiger charge is 2.28. The van der Waals surface area contributed by atoms with Crippen LogP contribution in [0.15, 0.2) is 0 Å². The molecule has 0 aliphatic carbocycles. The molecule has 100 valence electrons. The monoisotopic (exact) mass is 253 g/mol. The number of alkyl halides is 3. The molecule has 0 bridgehead atoms. The molecule has 1 fully saturated rings. The number of hydrogen-bond acceptors (Lipinski definition) is 3. The van der Waals surface area contributed by atoms with Gasteiger partial charge in [0, 0.05) is 12.6 Å². The van der Waals surface area contributed by atoms with Crippen molar-refractivity contribution < 1.29 is 18.0 Å². The number of nitrogens with zero attached hydrogens (tertiary/aromatic N) is 1. The molecule has 0 aromatic carbocycles. The van der Waals surface area contributed by atoms with E-state index < -0.39 is 18.6 Å². The molecule has 1 heterocycles. The van der Waals surface area contributed by atoms with Crippen LogP contribution in [0.1, 0.15) is 12.8 Å². The summed E-state index contributed by atoms with van der Waals surface area (Å²) in [6, 6.07) is 0.319. The van der Waals surface area contributed by atoms with Crippen LogP contribution in [0.25, 0.3) is 0 Å². The summed E-state index contributed by atoms with van der Waals surface area (Å²) in [7, 11) is 1.85. The fourth-order valence-electron chi connectivity index (χ4n) is 1.89. The van der Waals surface area contributed by atoms with Gasteiger partial charge in [0.05, 0.1) is 6.54 Å². The summed E-state index contributed by atoms with van der Waals surface area (Å²) >= 11 is 0. The third-order valence-electron chi connectivity index (χ3n) is 2.77. The number of nitrogens with one attached hydrogen (secondary N) is 2. The van der Waals surface area contributed by atoms with Crippen LogP contribution in [0.2, 0.25) is 0 Å². The number of halogens is 3. The van der Waals surface area contributed by atoms with Gasteiger partial charge in [0.15, 0.2) is 0 Å². The van der Waals surface area contributed by atoms with Crippen molar-refractivity contribution in [3.63, 3.8) is 0 Å². The lowest BCUT2D eigenvalue weighted by atomic mass is 10.1. The van der Waals surface area contributed by atoms with Crippen molar-refractivity contribution in [2.45, 2.75) is 25.1 Å². The molecule has 17 heavy (non-hydrogen) atoms. The average Bonchev–Trinajstić information content (AvgIpc) is 2.26. The van der Waals surface area contributed by atoms with Crippen LogP contribution in [0.4, 0.5) is 13.2 Å². The van der Waals surface area contributed by atoms with E-state index in [9.17, 15) is 18.0 Å². The second-order valence-corrected chi connectivity index (χ2v) is 4.25. The van der Waals surface area contributed by atoms with E-state index in [1.54, 1.807) is 0 Å². The second kappa shape index (κ2) is 6.20. The standard InChI is InChI=1S/C10H18F3N3O/c1-14-8-3-2-4-16(5-8)6-9(17)15-7-10(11,12)13/h8,14H,2-7H2,1H3,(H,15,17). The molecule has 0 radical (unpaired) electrons. The van der Waals surface area contributed by atoms with Crippen LogP contribution >= 0.6 is 0 Å². The van der Waals surface area contributed by atoms with E-state index in [-0.39, 0.29) is 6.54 Å². The predicted molar refractivity (Wildman–Crippen MR) is 57.6 cm³/mol. The van der Waals surface area contributed by atoms with Crippen LogP contribution < -0.4 is 10.6 Å². The molecule has 1 saturated heterocycles. The second-order valence-electron chi connectivity index (χ2n) is 4.25. The van der Waals surface area contributed by atoms with Crippen molar-refractivity contribution >= 4 is 5.91 Å². The minimum absolute atomic E-state index is 0.0360. The Kier molecular flexibility index (Phi) is 5.20. The third kappa shape index (κ3) is 5.88. The summed E-state index contributed by atoms with van der Waals surface area (Å²) in [5.41, 5.74) is 0. The Labute approximate surface area is 98.5 Å². The molecule has 2 N–H and O–H groups in total. The minimum atomic E-state index is -4.34. The molecular weight excluding hydrogens is 235 g/mol. The first-order valence-electron chi connectivity index (χ1n) is 5.64.